The first-order valence-electron chi connectivity index (χ1n) is 8.13. The molecular formula is C16H20ClN5O2S. The van der Waals surface area contributed by atoms with Crippen LogP contribution in [-0.4, -0.2) is 33.8 Å². The number of carbonyl (C=O) groups is 1. The van der Waals surface area contributed by atoms with Crippen LogP contribution in [0, 0.1) is 12.8 Å². The molecule has 134 valence electrons. The standard InChI is InChI=1S/C16H19N5O2S.ClH/c1-9-19-20-14(24-9)7-18-15(22)12-2-3-13-11-4-10(5-17-6-11)8-21(13)16(12)23;/h2-3,10-11,17H,4-8H2,1H3,(H,18,22);1H/t10-,11+;/m0./s1. The molecule has 2 bridgehead atoms. The molecule has 1 fully saturated rings. The highest BCUT2D eigenvalue weighted by atomic mass is 35.5. The first kappa shape index (κ1) is 18.0. The second kappa shape index (κ2) is 7.23. The van der Waals surface area contributed by atoms with Gasteiger partial charge in [-0.05, 0) is 37.9 Å². The molecule has 0 aliphatic carbocycles. The minimum atomic E-state index is -0.350. The summed E-state index contributed by atoms with van der Waals surface area (Å²) in [6.45, 7) is 4.69. The van der Waals surface area contributed by atoms with E-state index in [0.29, 0.717) is 24.9 Å². The van der Waals surface area contributed by atoms with Crippen molar-refractivity contribution in [3.05, 3.63) is 43.8 Å². The topological polar surface area (TPSA) is 88.9 Å². The molecule has 2 aromatic heterocycles. The van der Waals surface area contributed by atoms with E-state index in [4.69, 9.17) is 0 Å². The molecule has 2 atom stereocenters. The van der Waals surface area contributed by atoms with Gasteiger partial charge in [0.25, 0.3) is 11.5 Å². The number of aryl methyl sites for hydroxylation is 1. The van der Waals surface area contributed by atoms with Gasteiger partial charge in [0.15, 0.2) is 0 Å². The number of nitrogens with one attached hydrogen (secondary N) is 2. The second-order valence-corrected chi connectivity index (χ2v) is 7.71. The van der Waals surface area contributed by atoms with Crippen LogP contribution in [0.25, 0.3) is 0 Å². The molecule has 7 nitrogen and oxygen atoms in total. The molecule has 0 unspecified atom stereocenters. The van der Waals surface area contributed by atoms with Crippen molar-refractivity contribution in [3.63, 3.8) is 0 Å². The Kier molecular flexibility index (Phi) is 5.21. The van der Waals surface area contributed by atoms with Crippen LogP contribution in [0.3, 0.4) is 0 Å². The van der Waals surface area contributed by atoms with Crippen LogP contribution in [0.15, 0.2) is 16.9 Å². The summed E-state index contributed by atoms with van der Waals surface area (Å²) in [5.74, 6) is 0.486. The SMILES string of the molecule is Cc1nnc(CNC(=O)c2ccc3n(c2=O)C[C@@H]2CNC[C@H]3C2)s1.Cl. The normalized spacial score (nSPS) is 21.2. The Morgan fingerprint density at radius 1 is 1.40 bits per heavy atom. The van der Waals surface area contributed by atoms with Crippen LogP contribution in [0.1, 0.15) is 38.4 Å². The number of nitrogens with zero attached hydrogens (tertiary/aromatic N) is 3. The zero-order valence-electron chi connectivity index (χ0n) is 13.8. The van der Waals surface area contributed by atoms with Gasteiger partial charge in [-0.1, -0.05) is 11.3 Å². The summed E-state index contributed by atoms with van der Waals surface area (Å²) in [6.07, 6.45) is 1.12. The minimum Gasteiger partial charge on any atom is -0.345 e. The zero-order valence-corrected chi connectivity index (χ0v) is 15.5. The van der Waals surface area contributed by atoms with Gasteiger partial charge < -0.3 is 15.2 Å². The average Bonchev–Trinajstić information content (AvgIpc) is 2.99. The fourth-order valence-electron chi connectivity index (χ4n) is 3.62. The maximum Gasteiger partial charge on any atom is 0.263 e. The van der Waals surface area contributed by atoms with E-state index in [-0.39, 0.29) is 29.4 Å². The molecule has 25 heavy (non-hydrogen) atoms. The van der Waals surface area contributed by atoms with Gasteiger partial charge in [-0.25, -0.2) is 0 Å². The van der Waals surface area contributed by atoms with E-state index < -0.39 is 0 Å². The van der Waals surface area contributed by atoms with Crippen molar-refractivity contribution in [1.29, 1.82) is 0 Å². The highest BCUT2D eigenvalue weighted by Gasteiger charge is 2.31. The van der Waals surface area contributed by atoms with E-state index in [2.05, 4.69) is 20.8 Å². The van der Waals surface area contributed by atoms with E-state index in [1.807, 2.05) is 13.0 Å². The fraction of sp³-hybridized carbons (Fsp3) is 0.500. The average molecular weight is 382 g/mol. The maximum atomic E-state index is 12.8. The molecule has 4 heterocycles. The summed E-state index contributed by atoms with van der Waals surface area (Å²) < 4.78 is 1.80. The van der Waals surface area contributed by atoms with E-state index >= 15 is 0 Å². The molecule has 2 N–H and O–H groups in total. The van der Waals surface area contributed by atoms with E-state index in [1.165, 1.54) is 11.3 Å². The number of hydrogen-bond acceptors (Lipinski definition) is 6. The van der Waals surface area contributed by atoms with Gasteiger partial charge in [0.05, 0.1) is 6.54 Å². The summed E-state index contributed by atoms with van der Waals surface area (Å²) in [7, 11) is 0. The number of amides is 1. The lowest BCUT2D eigenvalue weighted by Gasteiger charge is -2.37. The molecule has 2 aliphatic rings. The summed E-state index contributed by atoms with van der Waals surface area (Å²) in [5.41, 5.74) is 1.06. The number of halogens is 1. The third kappa shape index (κ3) is 3.47. The lowest BCUT2D eigenvalue weighted by molar-refractivity contribution is 0.0948. The van der Waals surface area contributed by atoms with Crippen molar-refractivity contribution in [1.82, 2.24) is 25.4 Å². The summed E-state index contributed by atoms with van der Waals surface area (Å²) in [6, 6.07) is 3.59. The fourth-order valence-corrected chi connectivity index (χ4v) is 4.27. The Balaban J connectivity index is 0.00000182. The molecule has 0 saturated carbocycles. The predicted octanol–water partition coefficient (Wildman–Crippen LogP) is 1.07. The number of piperidine rings is 1. The van der Waals surface area contributed by atoms with Gasteiger partial charge >= 0.3 is 0 Å². The van der Waals surface area contributed by atoms with E-state index in [0.717, 1.165) is 35.2 Å². The Hall–Kier alpha value is -1.77. The quantitative estimate of drug-likeness (QED) is 0.830. The first-order valence-corrected chi connectivity index (χ1v) is 8.95. The van der Waals surface area contributed by atoms with Crippen LogP contribution in [0.2, 0.25) is 0 Å². The van der Waals surface area contributed by atoms with E-state index in [9.17, 15) is 9.59 Å². The molecular weight excluding hydrogens is 362 g/mol. The number of fused-ring (bicyclic) bond motifs is 4. The van der Waals surface area contributed by atoms with Gasteiger partial charge in [-0.3, -0.25) is 9.59 Å². The smallest absolute Gasteiger partial charge is 0.263 e. The Morgan fingerprint density at radius 2 is 2.24 bits per heavy atom. The molecule has 0 aromatic carbocycles. The number of hydrogen-bond donors (Lipinski definition) is 2. The lowest BCUT2D eigenvalue weighted by atomic mass is 9.84. The van der Waals surface area contributed by atoms with Crippen molar-refractivity contribution >= 4 is 29.7 Å². The Bertz CT molecular complexity index is 849. The van der Waals surface area contributed by atoms with Crippen LogP contribution < -0.4 is 16.2 Å². The van der Waals surface area contributed by atoms with Gasteiger partial charge in [0.1, 0.15) is 15.6 Å². The summed E-state index contributed by atoms with van der Waals surface area (Å²) in [4.78, 5) is 25.2. The van der Waals surface area contributed by atoms with Crippen LogP contribution in [0.5, 0.6) is 0 Å². The lowest BCUT2D eigenvalue weighted by Crippen LogP contribution is -2.46. The third-order valence-electron chi connectivity index (χ3n) is 4.72. The number of carbonyl (C=O) groups excluding carboxylic acids is 1. The van der Waals surface area contributed by atoms with Gasteiger partial charge in [-0.2, -0.15) is 0 Å². The predicted molar refractivity (Wildman–Crippen MR) is 97.5 cm³/mol. The highest BCUT2D eigenvalue weighted by Crippen LogP contribution is 2.31. The van der Waals surface area contributed by atoms with Crippen LogP contribution >= 0.6 is 23.7 Å². The van der Waals surface area contributed by atoms with Crippen LogP contribution in [0.4, 0.5) is 0 Å². The molecule has 0 spiro atoms. The van der Waals surface area contributed by atoms with Crippen molar-refractivity contribution in [2.45, 2.75) is 32.4 Å². The first-order chi connectivity index (χ1) is 11.6. The largest absolute Gasteiger partial charge is 0.345 e. The van der Waals surface area contributed by atoms with Crippen molar-refractivity contribution < 1.29 is 4.79 Å². The Labute approximate surface area is 155 Å². The molecule has 1 amide bonds. The van der Waals surface area contributed by atoms with Crippen molar-refractivity contribution in [3.8, 4) is 0 Å². The van der Waals surface area contributed by atoms with Crippen molar-refractivity contribution in [2.75, 3.05) is 13.1 Å². The number of rotatable bonds is 3. The molecule has 9 heteroatoms. The molecule has 0 radical (unpaired) electrons. The van der Waals surface area contributed by atoms with Crippen LogP contribution in [-0.2, 0) is 13.1 Å². The van der Waals surface area contributed by atoms with Gasteiger partial charge in [0.2, 0.25) is 0 Å². The van der Waals surface area contributed by atoms with Gasteiger partial charge in [0, 0.05) is 24.7 Å². The second-order valence-electron chi connectivity index (χ2n) is 6.44. The molecule has 1 saturated heterocycles. The van der Waals surface area contributed by atoms with Gasteiger partial charge in [-0.15, -0.1) is 22.6 Å². The summed E-state index contributed by atoms with van der Waals surface area (Å²) >= 11 is 1.44. The molecule has 2 aliphatic heterocycles. The number of aromatic nitrogens is 3. The van der Waals surface area contributed by atoms with E-state index in [1.54, 1.807) is 10.6 Å². The molecule has 4 rings (SSSR count). The highest BCUT2D eigenvalue weighted by molar-refractivity contribution is 7.11. The van der Waals surface area contributed by atoms with Crippen molar-refractivity contribution in [2.24, 2.45) is 5.92 Å². The zero-order chi connectivity index (χ0) is 16.7. The maximum absolute atomic E-state index is 12.8. The third-order valence-corrected chi connectivity index (χ3v) is 5.56. The number of pyridine rings is 1. The monoisotopic (exact) mass is 381 g/mol. The molecule has 2 aromatic rings. The minimum absolute atomic E-state index is 0. The Morgan fingerprint density at radius 3 is 3.00 bits per heavy atom. The summed E-state index contributed by atoms with van der Waals surface area (Å²) in [5, 5.41) is 15.7.